The van der Waals surface area contributed by atoms with Crippen LogP contribution in [0.3, 0.4) is 0 Å². The topological polar surface area (TPSA) is 57.4 Å². The molecule has 0 amide bonds. The number of nitrogens with zero attached hydrogens (tertiary/aromatic N) is 2. The number of aromatic nitrogens is 4. The molecular formula is C18H14N4. The Labute approximate surface area is 127 Å². The van der Waals surface area contributed by atoms with Gasteiger partial charge in [0, 0.05) is 29.7 Å². The molecule has 0 saturated heterocycles. The van der Waals surface area contributed by atoms with Gasteiger partial charge in [-0.1, -0.05) is 6.07 Å². The van der Waals surface area contributed by atoms with Gasteiger partial charge >= 0.3 is 0 Å². The Morgan fingerprint density at radius 3 is 2.64 bits per heavy atom. The molecule has 3 aromatic heterocycles. The van der Waals surface area contributed by atoms with Crippen LogP contribution in [0.5, 0.6) is 0 Å². The number of fused-ring (bicyclic) bond motifs is 1. The molecule has 0 aliphatic carbocycles. The van der Waals surface area contributed by atoms with Crippen molar-refractivity contribution in [3.63, 3.8) is 0 Å². The van der Waals surface area contributed by atoms with E-state index in [0.717, 1.165) is 33.4 Å². The van der Waals surface area contributed by atoms with Crippen LogP contribution >= 0.6 is 0 Å². The van der Waals surface area contributed by atoms with Gasteiger partial charge < -0.3 is 4.98 Å². The van der Waals surface area contributed by atoms with Crippen LogP contribution in [-0.4, -0.2) is 20.2 Å². The van der Waals surface area contributed by atoms with E-state index in [-0.39, 0.29) is 0 Å². The summed E-state index contributed by atoms with van der Waals surface area (Å²) >= 11 is 0. The highest BCUT2D eigenvalue weighted by molar-refractivity contribution is 5.91. The molecule has 3 heterocycles. The molecule has 0 unspecified atom stereocenters. The zero-order chi connectivity index (χ0) is 14.8. The van der Waals surface area contributed by atoms with Crippen LogP contribution < -0.4 is 0 Å². The smallest absolute Gasteiger partial charge is 0.0927 e. The number of aromatic amines is 2. The third kappa shape index (κ3) is 2.31. The highest BCUT2D eigenvalue weighted by Crippen LogP contribution is 2.25. The highest BCUT2D eigenvalue weighted by Gasteiger charge is 2.05. The summed E-state index contributed by atoms with van der Waals surface area (Å²) in [6, 6.07) is 14.3. The maximum atomic E-state index is 4.39. The number of H-pyrrole nitrogens is 2. The Bertz CT molecular complexity index is 918. The van der Waals surface area contributed by atoms with E-state index in [4.69, 9.17) is 0 Å². The fraction of sp³-hybridized carbons (Fsp3) is 0. The van der Waals surface area contributed by atoms with Gasteiger partial charge in [-0.05, 0) is 59.7 Å². The van der Waals surface area contributed by atoms with Gasteiger partial charge in [0.1, 0.15) is 0 Å². The first-order valence-electron chi connectivity index (χ1n) is 7.10. The van der Waals surface area contributed by atoms with Gasteiger partial charge in [0.05, 0.1) is 11.2 Å². The second-order valence-electron chi connectivity index (χ2n) is 5.06. The summed E-state index contributed by atoms with van der Waals surface area (Å²) in [5.74, 6) is 0. The maximum Gasteiger partial charge on any atom is 0.0927 e. The number of nitrogens with one attached hydrogen (secondary N) is 2. The summed E-state index contributed by atoms with van der Waals surface area (Å²) in [6.07, 6.45) is 9.54. The molecule has 4 rings (SSSR count). The van der Waals surface area contributed by atoms with E-state index in [2.05, 4.69) is 38.4 Å². The summed E-state index contributed by atoms with van der Waals surface area (Å²) in [7, 11) is 0. The number of rotatable bonds is 3. The summed E-state index contributed by atoms with van der Waals surface area (Å²) < 4.78 is 0. The van der Waals surface area contributed by atoms with Gasteiger partial charge in [0.25, 0.3) is 0 Å². The molecule has 0 atom stereocenters. The predicted octanol–water partition coefficient (Wildman–Crippen LogP) is 4.12. The Morgan fingerprint density at radius 1 is 0.909 bits per heavy atom. The molecule has 0 aliphatic heterocycles. The summed E-state index contributed by atoms with van der Waals surface area (Å²) in [5.41, 5.74) is 5.32. The number of hydrogen-bond donors (Lipinski definition) is 2. The van der Waals surface area contributed by atoms with Gasteiger partial charge in [-0.15, -0.1) is 0 Å². The van der Waals surface area contributed by atoms with E-state index in [0.29, 0.717) is 0 Å². The number of benzene rings is 1. The van der Waals surface area contributed by atoms with Gasteiger partial charge in [-0.25, -0.2) is 0 Å². The van der Waals surface area contributed by atoms with Gasteiger partial charge in [-0.2, -0.15) is 5.10 Å². The predicted molar refractivity (Wildman–Crippen MR) is 89.0 cm³/mol. The van der Waals surface area contributed by atoms with Crippen molar-refractivity contribution in [2.75, 3.05) is 0 Å². The molecule has 1 aromatic carbocycles. The Kier molecular flexibility index (Phi) is 3.05. The van der Waals surface area contributed by atoms with Crippen LogP contribution in [0, 0.1) is 0 Å². The standard InChI is InChI=1S/C18H14N4/c1-2-15(20-9-1)4-6-17-16-5-3-14(12-18(16)22-21-17)13-7-10-19-11-8-13/h1-12,20H,(H,21,22)/b6-4+. The maximum absolute atomic E-state index is 4.39. The first kappa shape index (κ1) is 12.6. The van der Waals surface area contributed by atoms with Crippen molar-refractivity contribution < 1.29 is 0 Å². The molecule has 0 aliphatic rings. The zero-order valence-corrected chi connectivity index (χ0v) is 11.8. The van der Waals surface area contributed by atoms with E-state index in [9.17, 15) is 0 Å². The van der Waals surface area contributed by atoms with Gasteiger partial charge in [0.2, 0.25) is 0 Å². The lowest BCUT2D eigenvalue weighted by molar-refractivity contribution is 1.11. The number of hydrogen-bond acceptors (Lipinski definition) is 2. The fourth-order valence-corrected chi connectivity index (χ4v) is 2.51. The van der Waals surface area contributed by atoms with E-state index in [1.807, 2.05) is 42.6 Å². The number of pyridine rings is 1. The Morgan fingerprint density at radius 2 is 1.82 bits per heavy atom. The largest absolute Gasteiger partial charge is 0.362 e. The van der Waals surface area contributed by atoms with Crippen LogP contribution in [0.2, 0.25) is 0 Å². The summed E-state index contributed by atoms with van der Waals surface area (Å²) in [4.78, 5) is 7.20. The van der Waals surface area contributed by atoms with E-state index in [1.54, 1.807) is 12.4 Å². The fourth-order valence-electron chi connectivity index (χ4n) is 2.51. The van der Waals surface area contributed by atoms with Crippen molar-refractivity contribution in [3.05, 3.63) is 72.4 Å². The average molecular weight is 286 g/mol. The van der Waals surface area contributed by atoms with E-state index >= 15 is 0 Å². The monoisotopic (exact) mass is 286 g/mol. The molecule has 0 radical (unpaired) electrons. The minimum atomic E-state index is 0.936. The second kappa shape index (κ2) is 5.33. The molecule has 4 nitrogen and oxygen atoms in total. The lowest BCUT2D eigenvalue weighted by Crippen LogP contribution is -1.79. The summed E-state index contributed by atoms with van der Waals surface area (Å²) in [6.45, 7) is 0. The summed E-state index contributed by atoms with van der Waals surface area (Å²) in [5, 5.41) is 8.60. The van der Waals surface area contributed by atoms with Crippen molar-refractivity contribution in [3.8, 4) is 11.1 Å². The Balaban J connectivity index is 1.72. The lowest BCUT2D eigenvalue weighted by atomic mass is 10.0. The van der Waals surface area contributed by atoms with Crippen LogP contribution in [-0.2, 0) is 0 Å². The quantitative estimate of drug-likeness (QED) is 0.595. The lowest BCUT2D eigenvalue weighted by Gasteiger charge is -2.00. The van der Waals surface area contributed by atoms with Crippen molar-refractivity contribution in [2.24, 2.45) is 0 Å². The highest BCUT2D eigenvalue weighted by atomic mass is 15.1. The second-order valence-corrected chi connectivity index (χ2v) is 5.06. The first-order chi connectivity index (χ1) is 10.9. The average Bonchev–Trinajstić information content (AvgIpc) is 3.23. The zero-order valence-electron chi connectivity index (χ0n) is 11.8. The van der Waals surface area contributed by atoms with Crippen molar-refractivity contribution >= 4 is 23.1 Å². The van der Waals surface area contributed by atoms with E-state index in [1.165, 1.54) is 0 Å². The molecule has 0 saturated carbocycles. The Hall–Kier alpha value is -3.14. The van der Waals surface area contributed by atoms with Crippen LogP contribution in [0.15, 0.2) is 61.1 Å². The van der Waals surface area contributed by atoms with Crippen molar-refractivity contribution in [2.45, 2.75) is 0 Å². The molecule has 106 valence electrons. The van der Waals surface area contributed by atoms with Crippen molar-refractivity contribution in [1.82, 2.24) is 20.2 Å². The van der Waals surface area contributed by atoms with Gasteiger partial charge in [-0.3, -0.25) is 10.1 Å². The molecule has 4 heteroatoms. The van der Waals surface area contributed by atoms with Crippen LogP contribution in [0.1, 0.15) is 11.4 Å². The third-order valence-corrected chi connectivity index (χ3v) is 3.65. The molecule has 0 fully saturated rings. The van der Waals surface area contributed by atoms with Gasteiger partial charge in [0.15, 0.2) is 0 Å². The molecule has 2 N–H and O–H groups in total. The van der Waals surface area contributed by atoms with Crippen LogP contribution in [0.4, 0.5) is 0 Å². The SMILES string of the molecule is C(=C\c1n[nH]c2cc(-c3ccncc3)ccc12)/c1ccc[nH]1. The normalized spacial score (nSPS) is 11.5. The third-order valence-electron chi connectivity index (χ3n) is 3.65. The minimum absolute atomic E-state index is 0.936. The van der Waals surface area contributed by atoms with E-state index < -0.39 is 0 Å². The van der Waals surface area contributed by atoms with Crippen molar-refractivity contribution in [1.29, 1.82) is 0 Å². The minimum Gasteiger partial charge on any atom is -0.362 e. The first-order valence-corrected chi connectivity index (χ1v) is 7.10. The molecule has 0 bridgehead atoms. The molecule has 22 heavy (non-hydrogen) atoms. The molecular weight excluding hydrogens is 272 g/mol. The molecule has 4 aromatic rings. The van der Waals surface area contributed by atoms with Crippen LogP contribution in [0.25, 0.3) is 34.2 Å². The molecule has 0 spiro atoms.